The maximum absolute atomic E-state index is 12.0. The monoisotopic (exact) mass is 611 g/mol. The second kappa shape index (κ2) is 9.97. The first-order valence-electron chi connectivity index (χ1n) is 15.0. The van der Waals surface area contributed by atoms with Crippen LogP contribution >= 0.6 is 11.6 Å². The minimum atomic E-state index is -3.61. The Labute approximate surface area is 252 Å². The summed E-state index contributed by atoms with van der Waals surface area (Å²) in [4.78, 5) is 14.4. The number of carbonyl (C=O) groups is 1. The number of carboxylic acid groups (broad SMARTS) is 1. The third kappa shape index (κ3) is 4.73. The number of nitrogens with two attached hydrogens (primary N) is 1. The zero-order chi connectivity index (χ0) is 29.4. The van der Waals surface area contributed by atoms with Crippen molar-refractivity contribution in [2.45, 2.75) is 50.9 Å². The molecule has 1 saturated heterocycles. The van der Waals surface area contributed by atoms with Crippen LogP contribution in [0, 0.1) is 23.2 Å². The molecule has 2 heterocycles. The predicted octanol–water partition coefficient (Wildman–Crippen LogP) is 5.01. The van der Waals surface area contributed by atoms with E-state index in [-0.39, 0.29) is 16.4 Å². The zero-order valence-electron chi connectivity index (χ0n) is 23.9. The quantitative estimate of drug-likeness (QED) is 0.444. The van der Waals surface area contributed by atoms with Gasteiger partial charge in [-0.05, 0) is 97.7 Å². The van der Waals surface area contributed by atoms with Gasteiger partial charge >= 0.3 is 5.97 Å². The summed E-state index contributed by atoms with van der Waals surface area (Å²) < 4.78 is 31.2. The summed E-state index contributed by atoms with van der Waals surface area (Å²) >= 11 is 6.39. The number of fused-ring (bicyclic) bond motifs is 3. The molecular weight excluding hydrogens is 574 g/mol. The molecule has 8 nitrogen and oxygen atoms in total. The van der Waals surface area contributed by atoms with E-state index in [1.807, 2.05) is 12.1 Å². The summed E-state index contributed by atoms with van der Waals surface area (Å²) in [5, 5.41) is 15.9. The zero-order valence-corrected chi connectivity index (χ0v) is 25.5. The molecule has 0 aromatic heterocycles. The molecule has 2 spiro atoms. The van der Waals surface area contributed by atoms with Crippen LogP contribution in [0.25, 0.3) is 0 Å². The molecule has 42 heavy (non-hydrogen) atoms. The first kappa shape index (κ1) is 28.2. The molecule has 224 valence electrons. The maximum Gasteiger partial charge on any atom is 0.335 e. The molecule has 3 N–H and O–H groups in total. The topological polar surface area (TPSA) is 113 Å². The number of ether oxygens (including phenoxy) is 1. The third-order valence-corrected chi connectivity index (χ3v) is 12.0. The molecule has 5 aliphatic rings. The van der Waals surface area contributed by atoms with Gasteiger partial charge in [-0.2, -0.15) is 12.7 Å². The molecule has 7 rings (SSSR count). The molecule has 2 aromatic rings. The van der Waals surface area contributed by atoms with Crippen molar-refractivity contribution >= 4 is 33.5 Å². The summed E-state index contributed by atoms with van der Waals surface area (Å²) in [5.41, 5.74) is 4.92. The maximum atomic E-state index is 12.0. The Hall–Kier alpha value is -2.59. The molecule has 0 radical (unpaired) electrons. The highest BCUT2D eigenvalue weighted by molar-refractivity contribution is 7.86. The average molecular weight is 612 g/mol. The van der Waals surface area contributed by atoms with Gasteiger partial charge in [0.25, 0.3) is 10.2 Å². The fourth-order valence-electron chi connectivity index (χ4n) is 8.39. The van der Waals surface area contributed by atoms with Crippen LogP contribution in [0.15, 0.2) is 48.0 Å². The number of aromatic carboxylic acids is 1. The number of hydrogen-bond acceptors (Lipinski definition) is 5. The lowest BCUT2D eigenvalue weighted by Gasteiger charge is -2.55. The van der Waals surface area contributed by atoms with Gasteiger partial charge in [0.15, 0.2) is 0 Å². The van der Waals surface area contributed by atoms with Crippen molar-refractivity contribution in [2.75, 3.05) is 37.7 Å². The number of aryl methyl sites for hydroxylation is 1. The molecule has 2 aromatic carbocycles. The van der Waals surface area contributed by atoms with Crippen molar-refractivity contribution in [1.29, 1.82) is 0 Å². The van der Waals surface area contributed by atoms with Gasteiger partial charge in [0.2, 0.25) is 0 Å². The normalized spacial score (nSPS) is 28.7. The minimum absolute atomic E-state index is 0.0345. The molecule has 2 aliphatic heterocycles. The lowest BCUT2D eigenvalue weighted by Crippen LogP contribution is -2.62. The largest absolute Gasteiger partial charge is 0.490 e. The van der Waals surface area contributed by atoms with Crippen molar-refractivity contribution in [2.24, 2.45) is 28.3 Å². The van der Waals surface area contributed by atoms with Crippen molar-refractivity contribution in [3.8, 4) is 5.75 Å². The molecule has 0 amide bonds. The van der Waals surface area contributed by atoms with Crippen LogP contribution in [0.3, 0.4) is 0 Å². The van der Waals surface area contributed by atoms with E-state index in [1.165, 1.54) is 21.0 Å². The summed E-state index contributed by atoms with van der Waals surface area (Å²) in [6.45, 7) is 5.45. The second-order valence-electron chi connectivity index (χ2n) is 13.5. The summed E-state index contributed by atoms with van der Waals surface area (Å²) in [6, 6.07) is 11.5. The number of rotatable bonds is 6. The fraction of sp³-hybridized carbons (Fsp3) is 0.531. The molecular formula is C32H38ClN3O5S. The van der Waals surface area contributed by atoms with Gasteiger partial charge in [-0.3, -0.25) is 0 Å². The third-order valence-electron chi connectivity index (χ3n) is 10.8. The van der Waals surface area contributed by atoms with Crippen molar-refractivity contribution < 1.29 is 23.1 Å². The number of hydrogen-bond donors (Lipinski definition) is 2. The van der Waals surface area contributed by atoms with E-state index < -0.39 is 16.2 Å². The lowest BCUT2D eigenvalue weighted by atomic mass is 9.58. The molecule has 1 unspecified atom stereocenters. The lowest BCUT2D eigenvalue weighted by molar-refractivity contribution is 0.0696. The Morgan fingerprint density at radius 2 is 1.98 bits per heavy atom. The van der Waals surface area contributed by atoms with Gasteiger partial charge in [0.05, 0.1) is 17.9 Å². The van der Waals surface area contributed by atoms with E-state index in [4.69, 9.17) is 21.5 Å². The van der Waals surface area contributed by atoms with Crippen molar-refractivity contribution in [3.63, 3.8) is 0 Å². The van der Waals surface area contributed by atoms with Crippen LogP contribution in [0.5, 0.6) is 5.75 Å². The average Bonchev–Trinajstić information content (AvgIpc) is 3.01. The van der Waals surface area contributed by atoms with E-state index in [1.54, 1.807) is 12.1 Å². The molecule has 10 heteroatoms. The minimum Gasteiger partial charge on any atom is -0.490 e. The second-order valence-corrected chi connectivity index (χ2v) is 15.4. The standard InChI is InChI=1S/C32H38ClN3O5S/c1-20(24-13-31(14-24)16-36(17-31)42(34,39)40)26-7-4-23(26)15-35-18-32(10-2-3-21-11-25(33)6-8-27(21)32)19-41-29-9-5-22(30(37)38)12-28(29)35/h5-6,8-9,11-13,20,23,26H,2-4,7,10,14-19H2,1H3,(H,37,38)(H2,34,39,40)/t20?,23-,26-,32-/m0/s1. The van der Waals surface area contributed by atoms with Crippen LogP contribution in [0.1, 0.15) is 60.5 Å². The van der Waals surface area contributed by atoms with E-state index >= 15 is 0 Å². The molecule has 1 saturated carbocycles. The summed E-state index contributed by atoms with van der Waals surface area (Å²) in [7, 11) is -3.61. The Balaban J connectivity index is 1.15. The number of nitrogens with zero attached hydrogens (tertiary/aromatic N) is 2. The van der Waals surface area contributed by atoms with Crippen LogP contribution in [0.2, 0.25) is 5.02 Å². The SMILES string of the molecule is CC(C1=CC2(C1)CN(S(N)(=O)=O)C2)[C@@H]1CC[C@H]1CN1C[C@@]2(CCCc3cc(Cl)ccc32)COc2ccc(C(=O)O)cc21. The fourth-order valence-corrected chi connectivity index (χ4v) is 9.46. The highest BCUT2D eigenvalue weighted by Gasteiger charge is 2.52. The van der Waals surface area contributed by atoms with Gasteiger partial charge in [0, 0.05) is 42.0 Å². The van der Waals surface area contributed by atoms with E-state index in [0.29, 0.717) is 37.5 Å². The van der Waals surface area contributed by atoms with Gasteiger partial charge in [-0.15, -0.1) is 0 Å². The van der Waals surface area contributed by atoms with Crippen LogP contribution < -0.4 is 14.8 Å². The van der Waals surface area contributed by atoms with E-state index in [2.05, 4.69) is 30.0 Å². The van der Waals surface area contributed by atoms with Gasteiger partial charge in [-0.25, -0.2) is 9.93 Å². The highest BCUT2D eigenvalue weighted by Crippen LogP contribution is 2.54. The van der Waals surface area contributed by atoms with Crippen LogP contribution in [-0.2, 0) is 22.0 Å². The summed E-state index contributed by atoms with van der Waals surface area (Å²) in [6.07, 6.45) is 8.61. The molecule has 3 aliphatic carbocycles. The number of anilines is 1. The molecule has 2 fully saturated rings. The number of benzene rings is 2. The summed E-state index contributed by atoms with van der Waals surface area (Å²) in [5.74, 6) is 1.25. The Morgan fingerprint density at radius 3 is 2.67 bits per heavy atom. The molecule has 4 atom stereocenters. The van der Waals surface area contributed by atoms with E-state index in [0.717, 1.165) is 68.1 Å². The Morgan fingerprint density at radius 1 is 1.19 bits per heavy atom. The number of allylic oxidation sites excluding steroid dienone is 1. The first-order chi connectivity index (χ1) is 20.0. The predicted molar refractivity (Wildman–Crippen MR) is 162 cm³/mol. The van der Waals surface area contributed by atoms with Crippen LogP contribution in [0.4, 0.5) is 5.69 Å². The van der Waals surface area contributed by atoms with E-state index in [9.17, 15) is 18.3 Å². The molecule has 0 bridgehead atoms. The van der Waals surface area contributed by atoms with Gasteiger partial charge in [-0.1, -0.05) is 36.2 Å². The first-order valence-corrected chi connectivity index (χ1v) is 16.9. The number of halogens is 1. The Bertz CT molecular complexity index is 1590. The van der Waals surface area contributed by atoms with Crippen molar-refractivity contribution in [3.05, 3.63) is 69.8 Å². The highest BCUT2D eigenvalue weighted by atomic mass is 35.5. The van der Waals surface area contributed by atoms with Crippen LogP contribution in [-0.4, -0.2) is 56.6 Å². The van der Waals surface area contributed by atoms with Crippen molar-refractivity contribution in [1.82, 2.24) is 4.31 Å². The smallest absolute Gasteiger partial charge is 0.335 e. The van der Waals surface area contributed by atoms with Gasteiger partial charge < -0.3 is 14.7 Å². The Kier molecular flexibility index (Phi) is 6.70. The van der Waals surface area contributed by atoms with Gasteiger partial charge in [0.1, 0.15) is 5.75 Å². The number of carboxylic acids is 1.